The predicted octanol–water partition coefficient (Wildman–Crippen LogP) is 5.12. The van der Waals surface area contributed by atoms with Crippen molar-refractivity contribution in [2.75, 3.05) is 0 Å². The first kappa shape index (κ1) is 12.6. The van der Waals surface area contributed by atoms with Crippen LogP contribution in [0.25, 0.3) is 17.2 Å². The molecule has 0 aliphatic heterocycles. The van der Waals surface area contributed by atoms with Crippen molar-refractivity contribution in [2.24, 2.45) is 0 Å². The number of allylic oxidation sites excluding steroid dienone is 1. The fraction of sp³-hybridized carbons (Fsp3) is 0.188. The molecule has 1 heterocycles. The van der Waals surface area contributed by atoms with Gasteiger partial charge in [0.2, 0.25) is 0 Å². The van der Waals surface area contributed by atoms with Gasteiger partial charge in [-0.05, 0) is 52.4 Å². The van der Waals surface area contributed by atoms with Gasteiger partial charge in [-0.25, -0.2) is 0 Å². The molecule has 0 atom stereocenters. The van der Waals surface area contributed by atoms with Crippen LogP contribution in [0.3, 0.4) is 0 Å². The van der Waals surface area contributed by atoms with Crippen molar-refractivity contribution < 1.29 is 0 Å². The lowest BCUT2D eigenvalue weighted by atomic mass is 10.1. The Balaban J connectivity index is 2.02. The van der Waals surface area contributed by atoms with Crippen LogP contribution in [0.5, 0.6) is 0 Å². The molecule has 2 heteroatoms. The second-order valence-electron chi connectivity index (χ2n) is 4.09. The molecule has 0 saturated carbocycles. The monoisotopic (exact) mass is 253 g/mol. The molecule has 0 saturated heterocycles. The maximum atomic E-state index is 8.45. The molecule has 0 amide bonds. The van der Waals surface area contributed by atoms with Crippen molar-refractivity contribution in [3.63, 3.8) is 0 Å². The van der Waals surface area contributed by atoms with Gasteiger partial charge in [-0.15, -0.1) is 0 Å². The standard InChI is InChI=1S/C16H15NS/c17-10-4-2-1-3-6-14-7-5-8-15(12-14)16-9-11-18-13-16/h3,5-9,11-13H,1-2,4H2/b6-3+. The van der Waals surface area contributed by atoms with Crippen LogP contribution in [0.4, 0.5) is 0 Å². The van der Waals surface area contributed by atoms with Crippen molar-refractivity contribution in [2.45, 2.75) is 19.3 Å². The number of thiophene rings is 1. The molecule has 2 rings (SSSR count). The van der Waals surface area contributed by atoms with Gasteiger partial charge in [0.25, 0.3) is 0 Å². The largest absolute Gasteiger partial charge is 0.198 e. The summed E-state index contributed by atoms with van der Waals surface area (Å²) in [5.41, 5.74) is 3.76. The molecule has 1 aromatic carbocycles. The quantitative estimate of drug-likeness (QED) is 0.678. The summed E-state index contributed by atoms with van der Waals surface area (Å²) in [6.07, 6.45) is 6.82. The topological polar surface area (TPSA) is 23.8 Å². The van der Waals surface area contributed by atoms with Crippen LogP contribution >= 0.6 is 11.3 Å². The molecule has 90 valence electrons. The Labute approximate surface area is 112 Å². The Bertz CT molecular complexity index is 547. The molecule has 0 spiro atoms. The van der Waals surface area contributed by atoms with E-state index in [-0.39, 0.29) is 0 Å². The lowest BCUT2D eigenvalue weighted by Gasteiger charge is -1.99. The zero-order chi connectivity index (χ0) is 12.6. The van der Waals surface area contributed by atoms with E-state index in [1.54, 1.807) is 11.3 Å². The maximum absolute atomic E-state index is 8.45. The fourth-order valence-electron chi connectivity index (χ4n) is 1.77. The Hall–Kier alpha value is -1.85. The molecule has 0 fully saturated rings. The zero-order valence-corrected chi connectivity index (χ0v) is 11.0. The Morgan fingerprint density at radius 1 is 1.22 bits per heavy atom. The van der Waals surface area contributed by atoms with E-state index in [0.29, 0.717) is 6.42 Å². The molecular formula is C16H15NS. The summed E-state index contributed by atoms with van der Waals surface area (Å²) >= 11 is 1.72. The number of benzene rings is 1. The van der Waals surface area contributed by atoms with E-state index in [9.17, 15) is 0 Å². The molecule has 1 nitrogen and oxygen atoms in total. The van der Waals surface area contributed by atoms with Crippen LogP contribution in [0.15, 0.2) is 47.2 Å². The van der Waals surface area contributed by atoms with Gasteiger partial charge in [0, 0.05) is 6.42 Å². The Kier molecular flexibility index (Phi) is 4.75. The summed E-state index contributed by atoms with van der Waals surface area (Å²) in [5, 5.41) is 12.7. The molecule has 0 radical (unpaired) electrons. The molecule has 2 aromatic rings. The first-order valence-corrected chi connectivity index (χ1v) is 7.00. The van der Waals surface area contributed by atoms with Crippen LogP contribution in [0, 0.1) is 11.3 Å². The van der Waals surface area contributed by atoms with Crippen molar-refractivity contribution in [1.82, 2.24) is 0 Å². The lowest BCUT2D eigenvalue weighted by Crippen LogP contribution is -1.76. The van der Waals surface area contributed by atoms with Crippen LogP contribution in [0.1, 0.15) is 24.8 Å². The third kappa shape index (κ3) is 3.58. The second kappa shape index (κ2) is 6.78. The minimum Gasteiger partial charge on any atom is -0.198 e. The van der Waals surface area contributed by atoms with Gasteiger partial charge in [-0.3, -0.25) is 0 Å². The number of hydrogen-bond donors (Lipinski definition) is 0. The lowest BCUT2D eigenvalue weighted by molar-refractivity contribution is 0.879. The normalized spacial score (nSPS) is 10.6. The van der Waals surface area contributed by atoms with Gasteiger partial charge in [0.05, 0.1) is 6.07 Å². The van der Waals surface area contributed by atoms with Gasteiger partial charge < -0.3 is 0 Å². The molecule has 1 aromatic heterocycles. The van der Waals surface area contributed by atoms with E-state index in [2.05, 4.69) is 59.3 Å². The average molecular weight is 253 g/mol. The minimum absolute atomic E-state index is 0.638. The summed E-state index contributed by atoms with van der Waals surface area (Å²) < 4.78 is 0. The van der Waals surface area contributed by atoms with Crippen molar-refractivity contribution >= 4 is 17.4 Å². The number of hydrogen-bond acceptors (Lipinski definition) is 2. The van der Waals surface area contributed by atoms with Gasteiger partial charge in [-0.1, -0.05) is 30.4 Å². The van der Waals surface area contributed by atoms with Crippen LogP contribution < -0.4 is 0 Å². The molecule has 0 N–H and O–H groups in total. The molecule has 18 heavy (non-hydrogen) atoms. The highest BCUT2D eigenvalue weighted by molar-refractivity contribution is 7.08. The summed E-state index contributed by atoms with van der Waals surface area (Å²) in [6.45, 7) is 0. The van der Waals surface area contributed by atoms with Crippen molar-refractivity contribution in [3.8, 4) is 17.2 Å². The number of nitriles is 1. The highest BCUT2D eigenvalue weighted by atomic mass is 32.1. The van der Waals surface area contributed by atoms with Gasteiger partial charge in [0.15, 0.2) is 0 Å². The van der Waals surface area contributed by atoms with E-state index in [1.165, 1.54) is 16.7 Å². The summed E-state index contributed by atoms with van der Waals surface area (Å²) in [7, 11) is 0. The fourth-order valence-corrected chi connectivity index (χ4v) is 2.43. The molecule has 0 bridgehead atoms. The molecule has 0 unspecified atom stereocenters. The number of rotatable bonds is 5. The number of nitrogens with zero attached hydrogens (tertiary/aromatic N) is 1. The Morgan fingerprint density at radius 2 is 2.17 bits per heavy atom. The van der Waals surface area contributed by atoms with Crippen molar-refractivity contribution in [3.05, 3.63) is 52.7 Å². The Morgan fingerprint density at radius 3 is 2.94 bits per heavy atom. The average Bonchev–Trinajstić information content (AvgIpc) is 2.93. The predicted molar refractivity (Wildman–Crippen MR) is 78.3 cm³/mol. The summed E-state index contributed by atoms with van der Waals surface area (Å²) in [4.78, 5) is 0. The van der Waals surface area contributed by atoms with Gasteiger partial charge in [-0.2, -0.15) is 16.6 Å². The first-order chi connectivity index (χ1) is 8.90. The molecule has 0 aliphatic carbocycles. The molecule has 0 aliphatic rings. The highest BCUT2D eigenvalue weighted by Gasteiger charge is 1.97. The zero-order valence-electron chi connectivity index (χ0n) is 10.2. The van der Waals surface area contributed by atoms with Crippen molar-refractivity contribution in [1.29, 1.82) is 5.26 Å². The van der Waals surface area contributed by atoms with Gasteiger partial charge in [0.1, 0.15) is 0 Å². The van der Waals surface area contributed by atoms with E-state index in [1.807, 2.05) is 0 Å². The highest BCUT2D eigenvalue weighted by Crippen LogP contribution is 2.23. The summed E-state index contributed by atoms with van der Waals surface area (Å²) in [6, 6.07) is 12.8. The molecular weight excluding hydrogens is 238 g/mol. The third-order valence-corrected chi connectivity index (χ3v) is 3.39. The second-order valence-corrected chi connectivity index (χ2v) is 4.87. The van der Waals surface area contributed by atoms with Crippen LogP contribution in [-0.2, 0) is 0 Å². The smallest absolute Gasteiger partial charge is 0.0621 e. The maximum Gasteiger partial charge on any atom is 0.0621 e. The first-order valence-electron chi connectivity index (χ1n) is 6.06. The minimum atomic E-state index is 0.638. The van der Waals surface area contributed by atoms with Crippen LogP contribution in [-0.4, -0.2) is 0 Å². The SMILES string of the molecule is N#CCCC/C=C/c1cccc(-c2ccsc2)c1. The van der Waals surface area contributed by atoms with Crippen LogP contribution in [0.2, 0.25) is 0 Å². The van der Waals surface area contributed by atoms with E-state index >= 15 is 0 Å². The van der Waals surface area contributed by atoms with E-state index in [0.717, 1.165) is 12.8 Å². The van der Waals surface area contributed by atoms with Gasteiger partial charge >= 0.3 is 0 Å². The summed E-state index contributed by atoms with van der Waals surface area (Å²) in [5.74, 6) is 0. The van der Waals surface area contributed by atoms with E-state index < -0.39 is 0 Å². The third-order valence-electron chi connectivity index (χ3n) is 2.71. The van der Waals surface area contributed by atoms with E-state index in [4.69, 9.17) is 5.26 Å². The number of unbranched alkanes of at least 4 members (excludes halogenated alkanes) is 2.